The number of rotatable bonds is 4. The third kappa shape index (κ3) is 2.66. The fourth-order valence-corrected chi connectivity index (χ4v) is 2.27. The topological polar surface area (TPSA) is 60.0 Å². The van der Waals surface area contributed by atoms with E-state index in [4.69, 9.17) is 17.3 Å². The van der Waals surface area contributed by atoms with Crippen LogP contribution in [-0.4, -0.2) is 21.8 Å². The van der Waals surface area contributed by atoms with E-state index in [-0.39, 0.29) is 0 Å². The Hall–Kier alpha value is -1.75. The standard InChI is InChI=1S/C13H18ClN5/c1-4-19-12(13(14)9(2)17-19)8-18(3)11-5-6-16-7-10(11)15/h5-7H,4,8,15H2,1-3H3. The van der Waals surface area contributed by atoms with Crippen molar-refractivity contribution in [1.29, 1.82) is 0 Å². The van der Waals surface area contributed by atoms with Gasteiger partial charge in [0.1, 0.15) is 0 Å². The van der Waals surface area contributed by atoms with Gasteiger partial charge in [-0.1, -0.05) is 11.6 Å². The Morgan fingerprint density at radius 2 is 2.21 bits per heavy atom. The molecule has 2 N–H and O–H groups in total. The lowest BCUT2D eigenvalue weighted by Crippen LogP contribution is -2.20. The molecule has 0 fully saturated rings. The van der Waals surface area contributed by atoms with Crippen molar-refractivity contribution < 1.29 is 0 Å². The van der Waals surface area contributed by atoms with Crippen LogP contribution in [0.4, 0.5) is 11.4 Å². The number of halogens is 1. The van der Waals surface area contributed by atoms with Gasteiger partial charge in [-0.05, 0) is 19.9 Å². The normalized spacial score (nSPS) is 10.7. The molecule has 2 aromatic rings. The molecule has 0 bridgehead atoms. The van der Waals surface area contributed by atoms with Crippen molar-refractivity contribution in [2.24, 2.45) is 0 Å². The Bertz CT molecular complexity index is 578. The van der Waals surface area contributed by atoms with Gasteiger partial charge in [0, 0.05) is 19.8 Å². The number of anilines is 2. The molecule has 5 nitrogen and oxygen atoms in total. The molecule has 0 atom stereocenters. The van der Waals surface area contributed by atoms with Crippen LogP contribution < -0.4 is 10.6 Å². The molecule has 0 saturated carbocycles. The van der Waals surface area contributed by atoms with Crippen molar-refractivity contribution in [2.75, 3.05) is 17.7 Å². The molecule has 0 spiro atoms. The molecule has 0 unspecified atom stereocenters. The average Bonchev–Trinajstić information content (AvgIpc) is 2.67. The fraction of sp³-hybridized carbons (Fsp3) is 0.385. The van der Waals surface area contributed by atoms with Gasteiger partial charge in [0.2, 0.25) is 0 Å². The first-order valence-corrected chi connectivity index (χ1v) is 6.54. The first kappa shape index (κ1) is 13.7. The first-order chi connectivity index (χ1) is 9.04. The van der Waals surface area contributed by atoms with E-state index in [2.05, 4.69) is 10.1 Å². The Balaban J connectivity index is 2.29. The summed E-state index contributed by atoms with van der Waals surface area (Å²) < 4.78 is 1.92. The van der Waals surface area contributed by atoms with Crippen molar-refractivity contribution in [3.8, 4) is 0 Å². The summed E-state index contributed by atoms with van der Waals surface area (Å²) in [6, 6.07) is 1.89. The molecule has 0 amide bonds. The number of hydrogen-bond acceptors (Lipinski definition) is 4. The largest absolute Gasteiger partial charge is 0.396 e. The van der Waals surface area contributed by atoms with Gasteiger partial charge in [-0.15, -0.1) is 0 Å². The van der Waals surface area contributed by atoms with Gasteiger partial charge in [-0.25, -0.2) is 0 Å². The summed E-state index contributed by atoms with van der Waals surface area (Å²) >= 11 is 6.31. The Kier molecular flexibility index (Phi) is 3.95. The second-order valence-electron chi connectivity index (χ2n) is 4.45. The molecule has 0 saturated heterocycles. The molecular weight excluding hydrogens is 262 g/mol. The number of nitrogen functional groups attached to an aromatic ring is 1. The maximum Gasteiger partial charge on any atom is 0.0865 e. The predicted octanol–water partition coefficient (Wildman–Crippen LogP) is 2.48. The number of pyridine rings is 1. The third-order valence-electron chi connectivity index (χ3n) is 3.08. The molecule has 0 aliphatic heterocycles. The van der Waals surface area contributed by atoms with Crippen LogP contribution >= 0.6 is 11.6 Å². The molecule has 19 heavy (non-hydrogen) atoms. The fourth-order valence-electron chi connectivity index (χ4n) is 2.08. The lowest BCUT2D eigenvalue weighted by molar-refractivity contribution is 0.613. The molecule has 2 heterocycles. The van der Waals surface area contributed by atoms with E-state index in [0.717, 1.165) is 28.6 Å². The zero-order valence-corrected chi connectivity index (χ0v) is 12.1. The predicted molar refractivity (Wildman–Crippen MR) is 78.4 cm³/mol. The van der Waals surface area contributed by atoms with Crippen LogP contribution in [0.25, 0.3) is 0 Å². The van der Waals surface area contributed by atoms with Crippen molar-refractivity contribution in [3.63, 3.8) is 0 Å². The van der Waals surface area contributed by atoms with Crippen LogP contribution in [0.1, 0.15) is 18.3 Å². The number of aryl methyl sites for hydroxylation is 2. The Morgan fingerprint density at radius 3 is 2.84 bits per heavy atom. The van der Waals surface area contributed by atoms with Gasteiger partial charge >= 0.3 is 0 Å². The molecule has 0 aliphatic carbocycles. The molecule has 2 rings (SSSR count). The second kappa shape index (κ2) is 5.48. The van der Waals surface area contributed by atoms with Gasteiger partial charge < -0.3 is 10.6 Å². The molecule has 102 valence electrons. The van der Waals surface area contributed by atoms with Gasteiger partial charge in [0.25, 0.3) is 0 Å². The highest BCUT2D eigenvalue weighted by atomic mass is 35.5. The van der Waals surface area contributed by atoms with E-state index in [9.17, 15) is 0 Å². The summed E-state index contributed by atoms with van der Waals surface area (Å²) in [4.78, 5) is 6.04. The highest BCUT2D eigenvalue weighted by molar-refractivity contribution is 6.31. The lowest BCUT2D eigenvalue weighted by atomic mass is 10.3. The van der Waals surface area contributed by atoms with E-state index >= 15 is 0 Å². The van der Waals surface area contributed by atoms with Crippen LogP contribution in [-0.2, 0) is 13.1 Å². The summed E-state index contributed by atoms with van der Waals surface area (Å²) in [7, 11) is 1.98. The van der Waals surface area contributed by atoms with Crippen LogP contribution in [0.5, 0.6) is 0 Å². The SMILES string of the molecule is CCn1nc(C)c(Cl)c1CN(C)c1ccncc1N. The highest BCUT2D eigenvalue weighted by Gasteiger charge is 2.15. The number of nitrogens with zero attached hydrogens (tertiary/aromatic N) is 4. The van der Waals surface area contributed by atoms with E-state index in [1.54, 1.807) is 12.4 Å². The van der Waals surface area contributed by atoms with Crippen LogP contribution in [0.2, 0.25) is 5.02 Å². The van der Waals surface area contributed by atoms with Gasteiger partial charge in [0.15, 0.2) is 0 Å². The van der Waals surface area contributed by atoms with Crippen LogP contribution in [0.15, 0.2) is 18.5 Å². The van der Waals surface area contributed by atoms with E-state index < -0.39 is 0 Å². The van der Waals surface area contributed by atoms with Gasteiger partial charge in [-0.3, -0.25) is 9.67 Å². The maximum atomic E-state index is 6.31. The summed E-state index contributed by atoms with van der Waals surface area (Å²) in [5, 5.41) is 5.14. The monoisotopic (exact) mass is 279 g/mol. The Labute approximate surface area is 118 Å². The van der Waals surface area contributed by atoms with Gasteiger partial charge in [-0.2, -0.15) is 5.10 Å². The molecule has 0 aromatic carbocycles. The summed E-state index contributed by atoms with van der Waals surface area (Å²) in [5.74, 6) is 0. The second-order valence-corrected chi connectivity index (χ2v) is 4.83. The smallest absolute Gasteiger partial charge is 0.0865 e. The van der Waals surface area contributed by atoms with Crippen molar-refractivity contribution in [2.45, 2.75) is 26.9 Å². The zero-order chi connectivity index (χ0) is 14.0. The average molecular weight is 280 g/mol. The Morgan fingerprint density at radius 1 is 1.47 bits per heavy atom. The van der Waals surface area contributed by atoms with E-state index in [0.29, 0.717) is 12.2 Å². The number of hydrogen-bond donors (Lipinski definition) is 1. The maximum absolute atomic E-state index is 6.31. The summed E-state index contributed by atoms with van der Waals surface area (Å²) in [6.45, 7) is 5.41. The molecule has 0 aliphatic rings. The molecular formula is C13H18ClN5. The highest BCUT2D eigenvalue weighted by Crippen LogP contribution is 2.26. The zero-order valence-electron chi connectivity index (χ0n) is 11.4. The molecule has 6 heteroatoms. The van der Waals surface area contributed by atoms with Crippen LogP contribution in [0, 0.1) is 6.92 Å². The summed E-state index contributed by atoms with van der Waals surface area (Å²) in [5.41, 5.74) is 9.38. The number of nitrogens with two attached hydrogens (primary N) is 1. The lowest BCUT2D eigenvalue weighted by Gasteiger charge is -2.21. The number of aromatic nitrogens is 3. The quantitative estimate of drug-likeness (QED) is 0.934. The minimum absolute atomic E-state index is 0.653. The molecule has 2 aromatic heterocycles. The summed E-state index contributed by atoms with van der Waals surface area (Å²) in [6.07, 6.45) is 3.38. The van der Waals surface area contributed by atoms with Crippen molar-refractivity contribution in [1.82, 2.24) is 14.8 Å². The molecule has 0 radical (unpaired) electrons. The first-order valence-electron chi connectivity index (χ1n) is 6.17. The minimum Gasteiger partial charge on any atom is -0.396 e. The van der Waals surface area contributed by atoms with E-state index in [1.807, 2.05) is 36.5 Å². The minimum atomic E-state index is 0.653. The van der Waals surface area contributed by atoms with Crippen molar-refractivity contribution in [3.05, 3.63) is 34.9 Å². The van der Waals surface area contributed by atoms with Crippen molar-refractivity contribution >= 4 is 23.0 Å². The van der Waals surface area contributed by atoms with Gasteiger partial charge in [0.05, 0.1) is 40.5 Å². The van der Waals surface area contributed by atoms with Crippen LogP contribution in [0.3, 0.4) is 0 Å². The van der Waals surface area contributed by atoms with E-state index in [1.165, 1.54) is 0 Å². The third-order valence-corrected chi connectivity index (χ3v) is 3.57.